The smallest absolute Gasteiger partial charge is 0.268 e. The van der Waals surface area contributed by atoms with Gasteiger partial charge in [-0.25, -0.2) is 4.68 Å². The maximum Gasteiger partial charge on any atom is 0.268 e. The second-order valence-electron chi connectivity index (χ2n) is 6.13. The lowest BCUT2D eigenvalue weighted by Crippen LogP contribution is -2.21. The maximum atomic E-state index is 5.98. The minimum Gasteiger partial charge on any atom is -0.481 e. The summed E-state index contributed by atoms with van der Waals surface area (Å²) in [5.74, 6) is 1.58. The summed E-state index contributed by atoms with van der Waals surface area (Å²) in [4.78, 5) is 0. The van der Waals surface area contributed by atoms with Crippen molar-refractivity contribution in [2.45, 2.75) is 24.9 Å². The van der Waals surface area contributed by atoms with Crippen molar-refractivity contribution >= 4 is 0 Å². The Hall–Kier alpha value is -2.68. The summed E-state index contributed by atoms with van der Waals surface area (Å²) in [5, 5.41) is 17.0. The van der Waals surface area contributed by atoms with Crippen molar-refractivity contribution in [1.29, 1.82) is 0 Å². The Morgan fingerprint density at radius 2 is 2.16 bits per heavy atom. The number of methoxy groups -OCH3 is 1. The van der Waals surface area contributed by atoms with Gasteiger partial charge in [0.05, 0.1) is 25.3 Å². The molecule has 0 amide bonds. The van der Waals surface area contributed by atoms with Crippen molar-refractivity contribution in [3.05, 3.63) is 29.9 Å². The first-order valence-electron chi connectivity index (χ1n) is 8.17. The van der Waals surface area contributed by atoms with Gasteiger partial charge < -0.3 is 13.9 Å². The number of nitrogens with zero attached hydrogens (tertiary/aromatic N) is 6. The Balaban J connectivity index is 1.63. The lowest BCUT2D eigenvalue weighted by molar-refractivity contribution is -0.00890. The van der Waals surface area contributed by atoms with Gasteiger partial charge in [0, 0.05) is 38.5 Å². The summed E-state index contributed by atoms with van der Waals surface area (Å²) in [5.41, 5.74) is 1.61. The van der Waals surface area contributed by atoms with E-state index in [1.165, 1.54) is 0 Å². The van der Waals surface area contributed by atoms with E-state index in [0.717, 1.165) is 18.4 Å². The van der Waals surface area contributed by atoms with Crippen LogP contribution in [0.2, 0.25) is 0 Å². The molecule has 9 nitrogen and oxygen atoms in total. The van der Waals surface area contributed by atoms with Gasteiger partial charge in [-0.15, -0.1) is 10.2 Å². The molecule has 1 aliphatic rings. The van der Waals surface area contributed by atoms with Gasteiger partial charge in [-0.3, -0.25) is 4.68 Å². The summed E-state index contributed by atoms with van der Waals surface area (Å²) in [6, 6.07) is 1.77. The van der Waals surface area contributed by atoms with E-state index in [1.54, 1.807) is 29.6 Å². The van der Waals surface area contributed by atoms with E-state index in [1.807, 2.05) is 19.4 Å². The van der Waals surface area contributed by atoms with Crippen molar-refractivity contribution in [2.24, 2.45) is 14.1 Å². The SMILES string of the molecule is COc1cc(-c2nnc([C@@H]3CCCO[C@H]3c3cnn(C)c3)o2)nn1C. The second-order valence-corrected chi connectivity index (χ2v) is 6.13. The van der Waals surface area contributed by atoms with Crippen LogP contribution in [0.4, 0.5) is 0 Å². The first-order chi connectivity index (χ1) is 12.2. The molecule has 0 saturated carbocycles. The topological polar surface area (TPSA) is 93.0 Å². The number of aromatic nitrogens is 6. The van der Waals surface area contributed by atoms with Gasteiger partial charge in [0.25, 0.3) is 5.89 Å². The molecule has 0 unspecified atom stereocenters. The van der Waals surface area contributed by atoms with Crippen molar-refractivity contribution < 1.29 is 13.9 Å². The van der Waals surface area contributed by atoms with Crippen LogP contribution in [-0.4, -0.2) is 43.5 Å². The van der Waals surface area contributed by atoms with E-state index in [2.05, 4.69) is 20.4 Å². The summed E-state index contributed by atoms with van der Waals surface area (Å²) >= 11 is 0. The van der Waals surface area contributed by atoms with Crippen LogP contribution in [-0.2, 0) is 18.8 Å². The van der Waals surface area contributed by atoms with Crippen LogP contribution in [0.15, 0.2) is 22.9 Å². The third-order valence-corrected chi connectivity index (χ3v) is 4.40. The average molecular weight is 344 g/mol. The quantitative estimate of drug-likeness (QED) is 0.713. The zero-order chi connectivity index (χ0) is 17.4. The van der Waals surface area contributed by atoms with Gasteiger partial charge in [0.1, 0.15) is 0 Å². The van der Waals surface area contributed by atoms with Crippen molar-refractivity contribution in [2.75, 3.05) is 13.7 Å². The second kappa shape index (κ2) is 6.32. The van der Waals surface area contributed by atoms with E-state index in [-0.39, 0.29) is 12.0 Å². The van der Waals surface area contributed by atoms with E-state index >= 15 is 0 Å². The molecule has 4 rings (SSSR count). The normalized spacial score (nSPS) is 20.8. The first-order valence-corrected chi connectivity index (χ1v) is 8.17. The van der Waals surface area contributed by atoms with Crippen molar-refractivity contribution in [3.8, 4) is 17.5 Å². The average Bonchev–Trinajstić information content (AvgIpc) is 3.34. The number of hydrogen-bond donors (Lipinski definition) is 0. The zero-order valence-electron chi connectivity index (χ0n) is 14.4. The minimum absolute atomic E-state index is 0.00445. The molecule has 0 radical (unpaired) electrons. The number of rotatable bonds is 4. The van der Waals surface area contributed by atoms with Crippen molar-refractivity contribution in [3.63, 3.8) is 0 Å². The zero-order valence-corrected chi connectivity index (χ0v) is 14.4. The Morgan fingerprint density at radius 1 is 1.28 bits per heavy atom. The van der Waals surface area contributed by atoms with E-state index in [9.17, 15) is 0 Å². The molecule has 1 aliphatic heterocycles. The molecule has 3 aromatic rings. The highest BCUT2D eigenvalue weighted by Crippen LogP contribution is 2.40. The van der Waals surface area contributed by atoms with Crippen LogP contribution in [0.5, 0.6) is 5.88 Å². The predicted molar refractivity (Wildman–Crippen MR) is 86.9 cm³/mol. The fourth-order valence-electron chi connectivity index (χ4n) is 3.18. The molecule has 0 bridgehead atoms. The van der Waals surface area contributed by atoms with Crippen LogP contribution < -0.4 is 4.74 Å². The number of aryl methyl sites for hydroxylation is 2. The lowest BCUT2D eigenvalue weighted by atomic mass is 9.91. The molecule has 132 valence electrons. The molecule has 1 saturated heterocycles. The summed E-state index contributed by atoms with van der Waals surface area (Å²) in [6.45, 7) is 0.717. The third kappa shape index (κ3) is 2.91. The van der Waals surface area contributed by atoms with Crippen LogP contribution >= 0.6 is 0 Å². The Labute approximate surface area is 144 Å². The molecular formula is C16H20N6O3. The Bertz CT molecular complexity index is 867. The molecular weight excluding hydrogens is 324 g/mol. The van der Waals surface area contributed by atoms with Crippen LogP contribution in [0.25, 0.3) is 11.6 Å². The standard InChI is InChI=1S/C16H20N6O3/c1-21-9-10(8-17-21)14-11(5-4-6-24-14)15-18-19-16(25-15)12-7-13(23-3)22(2)20-12/h7-9,11,14H,4-6H2,1-3H3/t11-,14+/m1/s1. The monoisotopic (exact) mass is 344 g/mol. The molecule has 2 atom stereocenters. The van der Waals surface area contributed by atoms with Gasteiger partial charge in [0.15, 0.2) is 5.69 Å². The fourth-order valence-corrected chi connectivity index (χ4v) is 3.18. The summed E-state index contributed by atoms with van der Waals surface area (Å²) < 4.78 is 20.5. The van der Waals surface area contributed by atoms with Crippen molar-refractivity contribution in [1.82, 2.24) is 29.8 Å². The first kappa shape index (κ1) is 15.8. The van der Waals surface area contributed by atoms with Crippen LogP contribution in [0.1, 0.15) is 36.3 Å². The fraction of sp³-hybridized carbons (Fsp3) is 0.500. The number of ether oxygens (including phenoxy) is 2. The lowest BCUT2D eigenvalue weighted by Gasteiger charge is -2.28. The molecule has 4 heterocycles. The highest BCUT2D eigenvalue weighted by Gasteiger charge is 2.34. The third-order valence-electron chi connectivity index (χ3n) is 4.40. The van der Waals surface area contributed by atoms with Crippen LogP contribution in [0, 0.1) is 0 Å². The Morgan fingerprint density at radius 3 is 2.88 bits per heavy atom. The predicted octanol–water partition coefficient (Wildman–Crippen LogP) is 1.85. The highest BCUT2D eigenvalue weighted by molar-refractivity contribution is 5.48. The van der Waals surface area contributed by atoms with E-state index in [4.69, 9.17) is 13.9 Å². The molecule has 0 N–H and O–H groups in total. The van der Waals surface area contributed by atoms with Gasteiger partial charge >= 0.3 is 0 Å². The molecule has 9 heteroatoms. The van der Waals surface area contributed by atoms with Gasteiger partial charge in [-0.05, 0) is 12.8 Å². The molecule has 0 aromatic carbocycles. The van der Waals surface area contributed by atoms with E-state index < -0.39 is 0 Å². The van der Waals surface area contributed by atoms with Crippen LogP contribution in [0.3, 0.4) is 0 Å². The Kier molecular flexibility index (Phi) is 4.00. The molecule has 1 fully saturated rings. The summed E-state index contributed by atoms with van der Waals surface area (Å²) in [7, 11) is 5.28. The minimum atomic E-state index is -0.131. The maximum absolute atomic E-state index is 5.98. The molecule has 25 heavy (non-hydrogen) atoms. The van der Waals surface area contributed by atoms with Gasteiger partial charge in [0.2, 0.25) is 11.8 Å². The highest BCUT2D eigenvalue weighted by atomic mass is 16.5. The molecule has 0 aliphatic carbocycles. The van der Waals surface area contributed by atoms with Gasteiger partial charge in [-0.1, -0.05) is 0 Å². The number of hydrogen-bond acceptors (Lipinski definition) is 7. The van der Waals surface area contributed by atoms with E-state index in [0.29, 0.717) is 30.0 Å². The molecule has 3 aromatic heterocycles. The van der Waals surface area contributed by atoms with Gasteiger partial charge in [-0.2, -0.15) is 10.2 Å². The molecule has 0 spiro atoms. The largest absolute Gasteiger partial charge is 0.481 e. The summed E-state index contributed by atoms with van der Waals surface area (Å²) in [6.07, 6.45) is 5.53.